The number of para-hydroxylation sites is 1. The second kappa shape index (κ2) is 8.47. The molecule has 0 saturated heterocycles. The second-order valence-electron chi connectivity index (χ2n) is 4.64. The van der Waals surface area contributed by atoms with Crippen LogP contribution in [0.1, 0.15) is 5.56 Å². The van der Waals surface area contributed by atoms with Crippen LogP contribution >= 0.6 is 23.2 Å². The third-order valence-corrected chi connectivity index (χ3v) is 3.47. The van der Waals surface area contributed by atoms with Gasteiger partial charge in [-0.15, -0.1) is 0 Å². The minimum Gasteiger partial charge on any atom is -0.452 e. The second-order valence-corrected chi connectivity index (χ2v) is 5.46. The van der Waals surface area contributed by atoms with E-state index in [0.29, 0.717) is 16.3 Å². The molecule has 2 rings (SSSR count). The highest BCUT2D eigenvalue weighted by atomic mass is 35.5. The molecular formula is C17H12Cl2FNO3. The Bertz CT molecular complexity index is 793. The molecule has 0 heterocycles. The van der Waals surface area contributed by atoms with E-state index in [1.807, 2.05) is 0 Å². The van der Waals surface area contributed by atoms with Gasteiger partial charge >= 0.3 is 5.97 Å². The molecule has 0 aromatic heterocycles. The summed E-state index contributed by atoms with van der Waals surface area (Å²) in [5.41, 5.74) is 0.954. The normalized spacial score (nSPS) is 10.6. The summed E-state index contributed by atoms with van der Waals surface area (Å²) in [6.07, 6.45) is 2.52. The lowest BCUT2D eigenvalue weighted by molar-refractivity contribution is -0.142. The maximum atomic E-state index is 13.0. The number of anilines is 1. The third-order valence-electron chi connectivity index (χ3n) is 2.85. The molecule has 124 valence electrons. The maximum Gasteiger partial charge on any atom is 0.331 e. The predicted molar refractivity (Wildman–Crippen MR) is 91.5 cm³/mol. The minimum atomic E-state index is -0.718. The Kier molecular flexibility index (Phi) is 6.35. The summed E-state index contributed by atoms with van der Waals surface area (Å²) in [5, 5.41) is 2.85. The summed E-state index contributed by atoms with van der Waals surface area (Å²) in [7, 11) is 0. The molecule has 0 unspecified atom stereocenters. The molecule has 2 aromatic rings. The van der Waals surface area contributed by atoms with E-state index in [1.165, 1.54) is 24.3 Å². The number of carbonyl (C=O) groups is 2. The smallest absolute Gasteiger partial charge is 0.331 e. The lowest BCUT2D eigenvalue weighted by Crippen LogP contribution is -2.20. The van der Waals surface area contributed by atoms with E-state index < -0.39 is 24.3 Å². The Morgan fingerprint density at radius 1 is 1.12 bits per heavy atom. The van der Waals surface area contributed by atoms with Crippen LogP contribution in [0.4, 0.5) is 10.1 Å². The van der Waals surface area contributed by atoms with Gasteiger partial charge in [0, 0.05) is 6.08 Å². The Hall–Kier alpha value is -2.37. The van der Waals surface area contributed by atoms with Gasteiger partial charge in [0.1, 0.15) is 5.82 Å². The highest BCUT2D eigenvalue weighted by Gasteiger charge is 2.07. The molecule has 0 saturated carbocycles. The van der Waals surface area contributed by atoms with Gasteiger partial charge in [-0.2, -0.15) is 0 Å². The molecule has 7 heteroatoms. The molecule has 1 amide bonds. The van der Waals surface area contributed by atoms with Crippen molar-refractivity contribution in [2.75, 3.05) is 11.9 Å². The average molecular weight is 368 g/mol. The van der Waals surface area contributed by atoms with Gasteiger partial charge in [0.05, 0.1) is 15.7 Å². The van der Waals surface area contributed by atoms with Crippen LogP contribution in [-0.4, -0.2) is 18.5 Å². The maximum absolute atomic E-state index is 13.0. The highest BCUT2D eigenvalue weighted by molar-refractivity contribution is 6.33. The van der Waals surface area contributed by atoms with E-state index in [0.717, 1.165) is 6.08 Å². The van der Waals surface area contributed by atoms with Crippen molar-refractivity contribution in [2.24, 2.45) is 0 Å². The van der Waals surface area contributed by atoms with Gasteiger partial charge in [-0.05, 0) is 35.9 Å². The van der Waals surface area contributed by atoms with Crippen molar-refractivity contribution in [3.05, 3.63) is 70.0 Å². The first-order chi connectivity index (χ1) is 11.5. The van der Waals surface area contributed by atoms with E-state index in [-0.39, 0.29) is 5.02 Å². The number of carbonyl (C=O) groups excluding carboxylic acids is 2. The number of amides is 1. The van der Waals surface area contributed by atoms with Crippen LogP contribution in [0, 0.1) is 5.82 Å². The first-order valence-corrected chi connectivity index (χ1v) is 7.55. The summed E-state index contributed by atoms with van der Waals surface area (Å²) >= 11 is 11.5. The van der Waals surface area contributed by atoms with Crippen LogP contribution in [0.2, 0.25) is 10.0 Å². The summed E-state index contributed by atoms with van der Waals surface area (Å²) < 4.78 is 17.8. The fourth-order valence-electron chi connectivity index (χ4n) is 1.71. The summed E-state index contributed by atoms with van der Waals surface area (Å²) in [6, 6.07) is 10.7. The molecule has 1 N–H and O–H groups in total. The fraction of sp³-hybridized carbons (Fsp3) is 0.0588. The van der Waals surface area contributed by atoms with Gasteiger partial charge in [-0.25, -0.2) is 9.18 Å². The van der Waals surface area contributed by atoms with Crippen LogP contribution in [0.25, 0.3) is 6.08 Å². The van der Waals surface area contributed by atoms with Gasteiger partial charge in [0.15, 0.2) is 6.61 Å². The molecule has 0 fully saturated rings. The molecule has 0 aliphatic rings. The van der Waals surface area contributed by atoms with Crippen molar-refractivity contribution < 1.29 is 18.7 Å². The van der Waals surface area contributed by atoms with Gasteiger partial charge in [-0.1, -0.05) is 41.4 Å². The van der Waals surface area contributed by atoms with E-state index in [2.05, 4.69) is 5.32 Å². The molecule has 0 bridgehead atoms. The predicted octanol–water partition coefficient (Wildman–Crippen LogP) is 4.33. The molecule has 0 radical (unpaired) electrons. The zero-order valence-corrected chi connectivity index (χ0v) is 13.8. The molecule has 4 nitrogen and oxygen atoms in total. The van der Waals surface area contributed by atoms with Gasteiger partial charge in [0.2, 0.25) is 0 Å². The van der Waals surface area contributed by atoms with Crippen LogP contribution in [-0.2, 0) is 14.3 Å². The molecule has 2 aromatic carbocycles. The van der Waals surface area contributed by atoms with Gasteiger partial charge in [0.25, 0.3) is 5.91 Å². The van der Waals surface area contributed by atoms with E-state index in [4.69, 9.17) is 27.9 Å². The average Bonchev–Trinajstić information content (AvgIpc) is 2.56. The zero-order valence-electron chi connectivity index (χ0n) is 12.3. The number of nitrogens with one attached hydrogen (secondary N) is 1. The molecule has 0 aliphatic carbocycles. The van der Waals surface area contributed by atoms with E-state index in [9.17, 15) is 14.0 Å². The summed E-state index contributed by atoms with van der Waals surface area (Å²) in [5.74, 6) is -1.79. The number of ether oxygens (including phenoxy) is 1. The van der Waals surface area contributed by atoms with Crippen LogP contribution < -0.4 is 5.32 Å². The topological polar surface area (TPSA) is 55.4 Å². The van der Waals surface area contributed by atoms with Crippen molar-refractivity contribution in [2.45, 2.75) is 0 Å². The largest absolute Gasteiger partial charge is 0.452 e. The van der Waals surface area contributed by atoms with Crippen LogP contribution in [0.15, 0.2) is 48.5 Å². The van der Waals surface area contributed by atoms with Crippen molar-refractivity contribution in [1.82, 2.24) is 0 Å². The Balaban J connectivity index is 1.84. The number of benzene rings is 2. The quantitative estimate of drug-likeness (QED) is 0.632. The van der Waals surface area contributed by atoms with Crippen LogP contribution in [0.5, 0.6) is 0 Å². The van der Waals surface area contributed by atoms with Gasteiger partial charge in [-0.3, -0.25) is 4.79 Å². The molecule has 24 heavy (non-hydrogen) atoms. The standard InChI is InChI=1S/C17H12Cl2FNO3/c18-12-3-1-2-4-15(12)21-16(22)10-24-17(23)8-6-11-5-7-14(20)13(19)9-11/h1-9H,10H2,(H,21,22)/b8-6+. The molecule has 0 aliphatic heterocycles. The number of hydrogen-bond donors (Lipinski definition) is 1. The third kappa shape index (κ3) is 5.37. The van der Waals surface area contributed by atoms with E-state index in [1.54, 1.807) is 24.3 Å². The summed E-state index contributed by atoms with van der Waals surface area (Å²) in [6.45, 7) is -0.460. The minimum absolute atomic E-state index is 0.0513. The Morgan fingerprint density at radius 3 is 2.58 bits per heavy atom. The SMILES string of the molecule is O=C(COC(=O)/C=C/c1ccc(F)c(Cl)c1)Nc1ccccc1Cl. The Morgan fingerprint density at radius 2 is 1.88 bits per heavy atom. The first kappa shape index (κ1) is 18.0. The number of halogens is 3. The van der Waals surface area contributed by atoms with Crippen molar-refractivity contribution >= 4 is 46.8 Å². The van der Waals surface area contributed by atoms with Crippen molar-refractivity contribution in [3.8, 4) is 0 Å². The number of esters is 1. The lowest BCUT2D eigenvalue weighted by atomic mass is 10.2. The Labute approximate surface area is 147 Å². The van der Waals surface area contributed by atoms with E-state index >= 15 is 0 Å². The first-order valence-electron chi connectivity index (χ1n) is 6.80. The monoisotopic (exact) mass is 367 g/mol. The summed E-state index contributed by atoms with van der Waals surface area (Å²) in [4.78, 5) is 23.3. The lowest BCUT2D eigenvalue weighted by Gasteiger charge is -2.06. The van der Waals surface area contributed by atoms with Gasteiger partial charge < -0.3 is 10.1 Å². The van der Waals surface area contributed by atoms with Crippen molar-refractivity contribution in [3.63, 3.8) is 0 Å². The zero-order chi connectivity index (χ0) is 17.5. The molecular weight excluding hydrogens is 356 g/mol. The number of hydrogen-bond acceptors (Lipinski definition) is 3. The molecule has 0 atom stereocenters. The van der Waals surface area contributed by atoms with Crippen molar-refractivity contribution in [1.29, 1.82) is 0 Å². The molecule has 0 spiro atoms. The highest BCUT2D eigenvalue weighted by Crippen LogP contribution is 2.20. The number of rotatable bonds is 5. The van der Waals surface area contributed by atoms with Crippen LogP contribution in [0.3, 0.4) is 0 Å². The fourth-order valence-corrected chi connectivity index (χ4v) is 2.09.